The zero-order valence-electron chi connectivity index (χ0n) is 33.4. The summed E-state index contributed by atoms with van der Waals surface area (Å²) >= 11 is 0. The Hall–Kier alpha value is -7.23. The van der Waals surface area contributed by atoms with E-state index in [-0.39, 0.29) is 6.04 Å². The van der Waals surface area contributed by atoms with Gasteiger partial charge in [-0.3, -0.25) is 0 Å². The highest BCUT2D eigenvalue weighted by Crippen LogP contribution is 2.47. The Kier molecular flexibility index (Phi) is 9.28. The van der Waals surface area contributed by atoms with Crippen LogP contribution in [0.1, 0.15) is 41.8 Å². The molecule has 8 aromatic rings. The lowest BCUT2D eigenvalue weighted by molar-refractivity contribution is 0.514. The second-order valence-electron chi connectivity index (χ2n) is 16.1. The van der Waals surface area contributed by atoms with Crippen LogP contribution >= 0.6 is 0 Å². The fraction of sp³-hybridized carbons (Fsp3) is 0.105. The van der Waals surface area contributed by atoms with E-state index in [0.717, 1.165) is 48.6 Å². The molecule has 0 fully saturated rings. The number of hydrogen-bond donors (Lipinski definition) is 0. The molecule has 60 heavy (non-hydrogen) atoms. The van der Waals surface area contributed by atoms with Crippen LogP contribution in [0.15, 0.2) is 211 Å². The first-order chi connectivity index (χ1) is 29.7. The molecule has 0 aliphatic heterocycles. The van der Waals surface area contributed by atoms with Crippen LogP contribution in [-0.2, 0) is 6.42 Å². The lowest BCUT2D eigenvalue weighted by Crippen LogP contribution is -2.30. The highest BCUT2D eigenvalue weighted by molar-refractivity contribution is 6.01. The van der Waals surface area contributed by atoms with Crippen molar-refractivity contribution in [1.29, 1.82) is 0 Å². The fourth-order valence-electron chi connectivity index (χ4n) is 9.60. The quantitative estimate of drug-likeness (QED) is 0.154. The van der Waals surface area contributed by atoms with Crippen molar-refractivity contribution in [1.82, 2.24) is 4.98 Å². The molecule has 3 aliphatic rings. The summed E-state index contributed by atoms with van der Waals surface area (Å²) in [7, 11) is 0. The highest BCUT2D eigenvalue weighted by Gasteiger charge is 2.32. The summed E-state index contributed by atoms with van der Waals surface area (Å²) in [6.07, 6.45) is 15.7. The largest absolute Gasteiger partial charge is 0.436 e. The summed E-state index contributed by atoms with van der Waals surface area (Å²) in [5.41, 5.74) is 15.9. The van der Waals surface area contributed by atoms with Crippen LogP contribution in [0.5, 0.6) is 0 Å². The molecule has 3 aliphatic carbocycles. The van der Waals surface area contributed by atoms with Crippen molar-refractivity contribution in [2.45, 2.75) is 31.7 Å². The number of aromatic nitrogens is 1. The van der Waals surface area contributed by atoms with E-state index in [1.807, 2.05) is 18.2 Å². The van der Waals surface area contributed by atoms with E-state index in [1.54, 1.807) is 0 Å². The third kappa shape index (κ3) is 6.63. The van der Waals surface area contributed by atoms with Crippen molar-refractivity contribution in [2.24, 2.45) is 5.92 Å². The van der Waals surface area contributed by atoms with Crippen LogP contribution in [0.2, 0.25) is 0 Å². The first kappa shape index (κ1) is 35.9. The molecule has 3 heteroatoms. The van der Waals surface area contributed by atoms with Gasteiger partial charge in [0.15, 0.2) is 5.76 Å². The maximum Gasteiger partial charge on any atom is 0.226 e. The minimum absolute atomic E-state index is 0.109. The highest BCUT2D eigenvalue weighted by atomic mass is 16.4. The van der Waals surface area contributed by atoms with E-state index in [0.29, 0.717) is 5.92 Å². The average molecular weight is 773 g/mol. The number of oxazole rings is 1. The van der Waals surface area contributed by atoms with Crippen LogP contribution < -0.4 is 4.90 Å². The summed E-state index contributed by atoms with van der Waals surface area (Å²) in [4.78, 5) is 7.47. The molecule has 11 rings (SSSR count). The number of anilines is 2. The number of benzene rings is 7. The summed E-state index contributed by atoms with van der Waals surface area (Å²) in [5.74, 6) is 2.10. The van der Waals surface area contributed by atoms with Crippen molar-refractivity contribution >= 4 is 38.9 Å². The molecule has 1 heterocycles. The number of para-hydroxylation sites is 1. The Morgan fingerprint density at radius 1 is 0.583 bits per heavy atom. The minimum Gasteiger partial charge on any atom is -0.436 e. The van der Waals surface area contributed by atoms with E-state index in [4.69, 9.17) is 9.40 Å². The van der Waals surface area contributed by atoms with Crippen molar-refractivity contribution in [3.05, 3.63) is 229 Å². The third-order valence-electron chi connectivity index (χ3n) is 12.6. The third-order valence-corrected chi connectivity index (χ3v) is 12.6. The molecular weight excluding hydrogens is 729 g/mol. The van der Waals surface area contributed by atoms with Gasteiger partial charge in [-0.2, -0.15) is 0 Å². The lowest BCUT2D eigenvalue weighted by atomic mass is 9.76. The first-order valence-electron chi connectivity index (χ1n) is 21.2. The SMILES string of the molecule is C1=CC(N(c2ccccc2)c2ccc(-c3ccccc3)cc2-c2cccc3ccccc23)CC=C1c1ccccc1C1=CC=C2c3oc(-c4ccccc4)nc3CCC2C1. The van der Waals surface area contributed by atoms with Gasteiger partial charge in [0.1, 0.15) is 0 Å². The normalized spacial score (nSPS) is 17.0. The molecule has 2 unspecified atom stereocenters. The van der Waals surface area contributed by atoms with E-state index < -0.39 is 0 Å². The second-order valence-corrected chi connectivity index (χ2v) is 16.1. The van der Waals surface area contributed by atoms with Crippen LogP contribution in [0.3, 0.4) is 0 Å². The average Bonchev–Trinajstić information content (AvgIpc) is 3.78. The smallest absolute Gasteiger partial charge is 0.226 e. The molecule has 0 bridgehead atoms. The molecule has 0 N–H and O–H groups in total. The van der Waals surface area contributed by atoms with Crippen molar-refractivity contribution in [2.75, 3.05) is 4.90 Å². The molecule has 0 saturated carbocycles. The lowest BCUT2D eigenvalue weighted by Gasteiger charge is -2.35. The number of rotatable bonds is 8. The number of nitrogens with zero attached hydrogens (tertiary/aromatic N) is 2. The van der Waals surface area contributed by atoms with Gasteiger partial charge in [0.2, 0.25) is 5.89 Å². The van der Waals surface area contributed by atoms with Gasteiger partial charge in [-0.15, -0.1) is 0 Å². The molecule has 0 amide bonds. The number of allylic oxidation sites excluding steroid dienone is 6. The predicted octanol–water partition coefficient (Wildman–Crippen LogP) is 14.8. The molecule has 1 aromatic heterocycles. The van der Waals surface area contributed by atoms with Gasteiger partial charge in [0.05, 0.1) is 11.7 Å². The minimum atomic E-state index is 0.109. The topological polar surface area (TPSA) is 29.3 Å². The van der Waals surface area contributed by atoms with Gasteiger partial charge >= 0.3 is 0 Å². The van der Waals surface area contributed by atoms with Gasteiger partial charge in [0.25, 0.3) is 0 Å². The Bertz CT molecular complexity index is 2980. The Balaban J connectivity index is 0.944. The Labute approximate surface area is 352 Å². The fourth-order valence-corrected chi connectivity index (χ4v) is 9.60. The van der Waals surface area contributed by atoms with Gasteiger partial charge in [-0.25, -0.2) is 4.98 Å². The van der Waals surface area contributed by atoms with Gasteiger partial charge in [-0.1, -0.05) is 170 Å². The van der Waals surface area contributed by atoms with Crippen LogP contribution in [0.25, 0.3) is 61.2 Å². The van der Waals surface area contributed by atoms with Gasteiger partial charge in [-0.05, 0) is 118 Å². The summed E-state index contributed by atoms with van der Waals surface area (Å²) in [6, 6.07) is 63.4. The molecule has 288 valence electrons. The van der Waals surface area contributed by atoms with Crippen molar-refractivity contribution in [3.63, 3.8) is 0 Å². The molecule has 0 spiro atoms. The van der Waals surface area contributed by atoms with Crippen LogP contribution in [0.4, 0.5) is 11.4 Å². The van der Waals surface area contributed by atoms with E-state index >= 15 is 0 Å². The van der Waals surface area contributed by atoms with Crippen molar-refractivity contribution in [3.8, 4) is 33.7 Å². The monoisotopic (exact) mass is 772 g/mol. The zero-order valence-corrected chi connectivity index (χ0v) is 33.4. The zero-order chi connectivity index (χ0) is 39.8. The Morgan fingerprint density at radius 2 is 1.28 bits per heavy atom. The predicted molar refractivity (Wildman–Crippen MR) is 250 cm³/mol. The molecule has 3 nitrogen and oxygen atoms in total. The van der Waals surface area contributed by atoms with E-state index in [9.17, 15) is 0 Å². The second kappa shape index (κ2) is 15.5. The van der Waals surface area contributed by atoms with Crippen molar-refractivity contribution < 1.29 is 4.42 Å². The summed E-state index contributed by atoms with van der Waals surface area (Å²) in [6.45, 7) is 0. The van der Waals surface area contributed by atoms with E-state index in [2.05, 4.69) is 193 Å². The van der Waals surface area contributed by atoms with Crippen LogP contribution in [0, 0.1) is 5.92 Å². The molecule has 0 saturated heterocycles. The molecule has 7 aromatic carbocycles. The van der Waals surface area contributed by atoms with E-state index in [1.165, 1.54) is 72.2 Å². The number of fused-ring (bicyclic) bond motifs is 4. The molecule has 2 atom stereocenters. The number of aryl methyl sites for hydroxylation is 1. The summed E-state index contributed by atoms with van der Waals surface area (Å²) < 4.78 is 6.46. The first-order valence-corrected chi connectivity index (χ1v) is 21.2. The summed E-state index contributed by atoms with van der Waals surface area (Å²) in [5, 5.41) is 2.49. The standard InChI is InChI=1S/C57H44N2O/c1-4-15-39(16-5-1)43-31-36-55(53(38-43)52-26-14-20-40-17-10-11-24-49(40)52)59(46-21-8-3-9-22-46)47-32-27-41(28-33-47)48-23-12-13-25-50(48)44-29-34-51-45(37-44)30-35-54-56(51)60-57(58-54)42-18-6-2-7-19-42/h1-29,31-32,34,36,38,45,47H,30,33,35,37H2. The number of hydrogen-bond acceptors (Lipinski definition) is 3. The maximum absolute atomic E-state index is 6.46. The van der Waals surface area contributed by atoms with Gasteiger partial charge in [0, 0.05) is 28.1 Å². The molecular formula is C57H44N2O. The molecule has 0 radical (unpaired) electrons. The Morgan fingerprint density at radius 3 is 2.08 bits per heavy atom. The maximum atomic E-state index is 6.46. The van der Waals surface area contributed by atoms with Crippen LogP contribution in [-0.4, -0.2) is 11.0 Å². The van der Waals surface area contributed by atoms with Gasteiger partial charge < -0.3 is 9.32 Å².